The Morgan fingerprint density at radius 1 is 1.10 bits per heavy atom. The van der Waals surface area contributed by atoms with Crippen LogP contribution in [-0.4, -0.2) is 48.7 Å². The molecule has 20 heavy (non-hydrogen) atoms. The third-order valence-corrected chi connectivity index (χ3v) is 4.17. The van der Waals surface area contributed by atoms with Crippen molar-refractivity contribution in [1.29, 1.82) is 0 Å². The normalized spacial score (nSPS) is 26.8. The van der Waals surface area contributed by atoms with Crippen LogP contribution in [0.3, 0.4) is 0 Å². The first-order chi connectivity index (χ1) is 9.83. The summed E-state index contributed by atoms with van der Waals surface area (Å²) in [5.41, 5.74) is 7.55. The van der Waals surface area contributed by atoms with E-state index in [1.54, 1.807) is 0 Å². The Morgan fingerprint density at radius 2 is 1.85 bits per heavy atom. The molecule has 2 saturated heterocycles. The fourth-order valence-electron chi connectivity index (χ4n) is 3.04. The van der Waals surface area contributed by atoms with Crippen LogP contribution in [0, 0.1) is 6.17 Å². The van der Waals surface area contributed by atoms with E-state index in [1.807, 2.05) is 0 Å². The highest BCUT2D eigenvalue weighted by atomic mass is 16.5. The van der Waals surface area contributed by atoms with Crippen molar-refractivity contribution in [2.24, 2.45) is 5.73 Å². The number of benzene rings is 1. The Kier molecular flexibility index (Phi) is 4.68. The van der Waals surface area contributed by atoms with E-state index < -0.39 is 0 Å². The molecule has 1 radical (unpaired) electrons. The molecule has 2 aliphatic rings. The number of rotatable bonds is 3. The van der Waals surface area contributed by atoms with Crippen LogP contribution in [0.2, 0.25) is 0 Å². The van der Waals surface area contributed by atoms with Crippen LogP contribution in [0.1, 0.15) is 18.4 Å². The quantitative estimate of drug-likeness (QED) is 0.905. The summed E-state index contributed by atoms with van der Waals surface area (Å²) in [6, 6.07) is 11.0. The summed E-state index contributed by atoms with van der Waals surface area (Å²) in [5.74, 6) is 0. The van der Waals surface area contributed by atoms with Gasteiger partial charge in [-0.05, 0) is 18.4 Å². The molecule has 0 aliphatic carbocycles. The third-order valence-electron chi connectivity index (χ3n) is 4.17. The molecule has 1 aromatic rings. The van der Waals surface area contributed by atoms with Crippen LogP contribution in [-0.2, 0) is 11.3 Å². The van der Waals surface area contributed by atoms with Gasteiger partial charge in [0.05, 0.1) is 13.2 Å². The highest BCUT2D eigenvalue weighted by Gasteiger charge is 2.33. The minimum Gasteiger partial charge on any atom is -0.379 e. The Bertz CT molecular complexity index is 405. The lowest BCUT2D eigenvalue weighted by Gasteiger charge is -2.44. The van der Waals surface area contributed by atoms with Gasteiger partial charge in [0.15, 0.2) is 0 Å². The molecule has 1 aromatic carbocycles. The van der Waals surface area contributed by atoms with Crippen molar-refractivity contribution in [3.05, 3.63) is 42.1 Å². The minimum atomic E-state index is 0.305. The summed E-state index contributed by atoms with van der Waals surface area (Å²) in [5, 5.41) is 0. The smallest absolute Gasteiger partial charge is 0.109 e. The second kappa shape index (κ2) is 6.68. The predicted octanol–water partition coefficient (Wildman–Crippen LogP) is 1.43. The largest absolute Gasteiger partial charge is 0.379 e. The number of nitrogens with zero attached hydrogens (tertiary/aromatic N) is 2. The zero-order valence-corrected chi connectivity index (χ0v) is 12.0. The maximum absolute atomic E-state index is 6.18. The lowest BCUT2D eigenvalue weighted by atomic mass is 10.0. The summed E-state index contributed by atoms with van der Waals surface area (Å²) < 4.78 is 5.47. The van der Waals surface area contributed by atoms with Crippen LogP contribution in [0.25, 0.3) is 0 Å². The summed E-state index contributed by atoms with van der Waals surface area (Å²) in [6.45, 7) is 5.69. The lowest BCUT2D eigenvalue weighted by molar-refractivity contribution is -0.00150. The monoisotopic (exact) mass is 274 g/mol. The summed E-state index contributed by atoms with van der Waals surface area (Å²) in [6.07, 6.45) is 3.49. The van der Waals surface area contributed by atoms with Crippen LogP contribution in [0.5, 0.6) is 0 Å². The van der Waals surface area contributed by atoms with Crippen molar-refractivity contribution in [2.45, 2.75) is 25.4 Å². The topological polar surface area (TPSA) is 41.7 Å². The second-order valence-corrected chi connectivity index (χ2v) is 5.68. The molecule has 1 unspecified atom stereocenters. The molecule has 2 heterocycles. The van der Waals surface area contributed by atoms with E-state index >= 15 is 0 Å². The average Bonchev–Trinajstić information content (AvgIpc) is 2.51. The van der Waals surface area contributed by atoms with Crippen molar-refractivity contribution < 1.29 is 4.74 Å². The fraction of sp³-hybridized carbons (Fsp3) is 0.562. The van der Waals surface area contributed by atoms with Gasteiger partial charge in [-0.25, -0.2) is 0 Å². The summed E-state index contributed by atoms with van der Waals surface area (Å²) >= 11 is 0. The van der Waals surface area contributed by atoms with Gasteiger partial charge in [0.1, 0.15) is 6.17 Å². The van der Waals surface area contributed by atoms with Gasteiger partial charge >= 0.3 is 0 Å². The number of piperidine rings is 1. The van der Waals surface area contributed by atoms with Gasteiger partial charge in [-0.1, -0.05) is 30.3 Å². The van der Waals surface area contributed by atoms with Gasteiger partial charge in [-0.3, -0.25) is 9.80 Å². The predicted molar refractivity (Wildman–Crippen MR) is 79.7 cm³/mol. The zero-order valence-electron chi connectivity index (χ0n) is 12.0. The first-order valence-corrected chi connectivity index (χ1v) is 7.56. The molecule has 2 fully saturated rings. The Hall–Kier alpha value is -0.940. The third kappa shape index (κ3) is 3.38. The number of morpholine rings is 1. The van der Waals surface area contributed by atoms with E-state index in [4.69, 9.17) is 10.5 Å². The zero-order chi connectivity index (χ0) is 13.8. The SMILES string of the molecule is NC1CCN(Cc2ccccc2)[C](N2CCOCC2)C1. The highest BCUT2D eigenvalue weighted by Crippen LogP contribution is 2.28. The van der Waals surface area contributed by atoms with Gasteiger partial charge in [0.2, 0.25) is 0 Å². The summed E-state index contributed by atoms with van der Waals surface area (Å²) in [4.78, 5) is 4.97. The number of hydrogen-bond acceptors (Lipinski definition) is 4. The van der Waals surface area contributed by atoms with E-state index in [0.29, 0.717) is 6.04 Å². The number of likely N-dealkylation sites (tertiary alicyclic amines) is 1. The van der Waals surface area contributed by atoms with Crippen LogP contribution >= 0.6 is 0 Å². The first kappa shape index (κ1) is 14.0. The first-order valence-electron chi connectivity index (χ1n) is 7.56. The van der Waals surface area contributed by atoms with Gasteiger partial charge in [-0.15, -0.1) is 0 Å². The van der Waals surface area contributed by atoms with E-state index in [9.17, 15) is 0 Å². The molecular weight excluding hydrogens is 250 g/mol. The molecule has 4 nitrogen and oxygen atoms in total. The molecule has 4 heteroatoms. The van der Waals surface area contributed by atoms with E-state index in [1.165, 1.54) is 11.7 Å². The Labute approximate surface area is 121 Å². The van der Waals surface area contributed by atoms with Crippen LogP contribution in [0.4, 0.5) is 0 Å². The molecule has 3 rings (SSSR count). The number of nitrogens with two attached hydrogens (primary N) is 1. The van der Waals surface area contributed by atoms with Crippen LogP contribution < -0.4 is 5.73 Å². The van der Waals surface area contributed by atoms with Crippen molar-refractivity contribution in [2.75, 3.05) is 32.8 Å². The molecule has 0 spiro atoms. The van der Waals surface area contributed by atoms with Gasteiger partial charge in [0, 0.05) is 32.2 Å². The molecular formula is C16H24N3O. The number of hydrogen-bond donors (Lipinski definition) is 1. The maximum atomic E-state index is 6.18. The van der Waals surface area contributed by atoms with E-state index in [2.05, 4.69) is 40.1 Å². The Balaban J connectivity index is 1.69. The minimum absolute atomic E-state index is 0.305. The van der Waals surface area contributed by atoms with Crippen molar-refractivity contribution in [1.82, 2.24) is 9.80 Å². The second-order valence-electron chi connectivity index (χ2n) is 5.68. The van der Waals surface area contributed by atoms with Gasteiger partial charge in [0.25, 0.3) is 0 Å². The molecule has 109 valence electrons. The average molecular weight is 274 g/mol. The molecule has 0 amide bonds. The number of ether oxygens (including phenoxy) is 1. The summed E-state index contributed by atoms with van der Waals surface area (Å²) in [7, 11) is 0. The van der Waals surface area contributed by atoms with Crippen molar-refractivity contribution in [3.63, 3.8) is 0 Å². The molecule has 0 saturated carbocycles. The van der Waals surface area contributed by atoms with Gasteiger partial charge in [-0.2, -0.15) is 0 Å². The van der Waals surface area contributed by atoms with Crippen molar-refractivity contribution in [3.8, 4) is 0 Å². The van der Waals surface area contributed by atoms with Gasteiger partial charge < -0.3 is 10.5 Å². The lowest BCUT2D eigenvalue weighted by Crippen LogP contribution is -2.52. The molecule has 0 aromatic heterocycles. The van der Waals surface area contributed by atoms with E-state index in [-0.39, 0.29) is 0 Å². The fourth-order valence-corrected chi connectivity index (χ4v) is 3.04. The van der Waals surface area contributed by atoms with Crippen LogP contribution in [0.15, 0.2) is 30.3 Å². The maximum Gasteiger partial charge on any atom is 0.109 e. The molecule has 2 N–H and O–H groups in total. The molecule has 1 atom stereocenters. The molecule has 0 bridgehead atoms. The molecule has 2 aliphatic heterocycles. The van der Waals surface area contributed by atoms with Crippen molar-refractivity contribution >= 4 is 0 Å². The Morgan fingerprint density at radius 3 is 2.60 bits per heavy atom. The highest BCUT2D eigenvalue weighted by molar-refractivity contribution is 5.15. The van der Waals surface area contributed by atoms with E-state index in [0.717, 1.165) is 52.2 Å². The standard InChI is InChI=1S/C16H24N3O/c17-15-6-7-19(13-14-4-2-1-3-5-14)16(12-15)18-8-10-20-11-9-18/h1-5,15H,6-13,17H2.